The van der Waals surface area contributed by atoms with E-state index in [1.165, 1.54) is 5.56 Å². The molecule has 0 heterocycles. The Kier molecular flexibility index (Phi) is 6.73. The molecule has 1 aromatic carbocycles. The maximum atomic E-state index is 11.6. The Morgan fingerprint density at radius 1 is 1.15 bits per heavy atom. The van der Waals surface area contributed by atoms with Gasteiger partial charge in [-0.15, -0.1) is 0 Å². The summed E-state index contributed by atoms with van der Waals surface area (Å²) in [6.07, 6.45) is 1.63. The molecule has 0 fully saturated rings. The molecule has 0 saturated heterocycles. The Labute approximate surface area is 123 Å². The number of hydrogen-bond donors (Lipinski definition) is 2. The minimum Gasteiger partial charge on any atom is -0.351 e. The molecular formula is C17H28N2O. The lowest BCUT2D eigenvalue weighted by Gasteiger charge is -2.20. The first kappa shape index (κ1) is 16.7. The second kappa shape index (κ2) is 8.05. The van der Waals surface area contributed by atoms with Crippen molar-refractivity contribution in [3.05, 3.63) is 35.9 Å². The topological polar surface area (TPSA) is 41.1 Å². The van der Waals surface area contributed by atoms with E-state index in [9.17, 15) is 4.79 Å². The van der Waals surface area contributed by atoms with Crippen molar-refractivity contribution >= 4 is 5.91 Å². The summed E-state index contributed by atoms with van der Waals surface area (Å²) in [5.41, 5.74) is 1.23. The average molecular weight is 276 g/mol. The van der Waals surface area contributed by atoms with E-state index in [-0.39, 0.29) is 11.4 Å². The summed E-state index contributed by atoms with van der Waals surface area (Å²) in [7, 11) is 0. The summed E-state index contributed by atoms with van der Waals surface area (Å²) >= 11 is 0. The van der Waals surface area contributed by atoms with Gasteiger partial charge in [0.25, 0.3) is 0 Å². The maximum Gasteiger partial charge on any atom is 0.221 e. The summed E-state index contributed by atoms with van der Waals surface area (Å²) in [5, 5.41) is 6.31. The van der Waals surface area contributed by atoms with Crippen molar-refractivity contribution in [2.75, 3.05) is 13.1 Å². The SMILES string of the molecule is CC(CCNCCC(=O)NC(C)(C)C)c1ccccc1. The van der Waals surface area contributed by atoms with E-state index in [0.29, 0.717) is 12.3 Å². The molecule has 3 heteroatoms. The molecule has 0 aliphatic rings. The fourth-order valence-corrected chi connectivity index (χ4v) is 2.07. The molecule has 0 radical (unpaired) electrons. The molecule has 0 aliphatic carbocycles. The number of rotatable bonds is 7. The summed E-state index contributed by atoms with van der Waals surface area (Å²) < 4.78 is 0. The Morgan fingerprint density at radius 3 is 2.40 bits per heavy atom. The van der Waals surface area contributed by atoms with E-state index in [1.807, 2.05) is 26.8 Å². The van der Waals surface area contributed by atoms with E-state index in [0.717, 1.165) is 19.5 Å². The van der Waals surface area contributed by atoms with Gasteiger partial charge < -0.3 is 10.6 Å². The predicted molar refractivity (Wildman–Crippen MR) is 84.9 cm³/mol. The van der Waals surface area contributed by atoms with Crippen LogP contribution >= 0.6 is 0 Å². The minimum atomic E-state index is -0.140. The van der Waals surface area contributed by atoms with Crippen molar-refractivity contribution < 1.29 is 4.79 Å². The molecule has 20 heavy (non-hydrogen) atoms. The fraction of sp³-hybridized carbons (Fsp3) is 0.588. The Balaban J connectivity index is 2.12. The minimum absolute atomic E-state index is 0.112. The van der Waals surface area contributed by atoms with Crippen LogP contribution in [0, 0.1) is 0 Å². The molecule has 1 amide bonds. The van der Waals surface area contributed by atoms with Crippen LogP contribution in [0.4, 0.5) is 0 Å². The lowest BCUT2D eigenvalue weighted by molar-refractivity contribution is -0.122. The number of nitrogens with one attached hydrogen (secondary N) is 2. The molecule has 0 spiro atoms. The van der Waals surface area contributed by atoms with Crippen LogP contribution in [0.25, 0.3) is 0 Å². The number of carbonyl (C=O) groups is 1. The molecule has 0 aromatic heterocycles. The molecule has 112 valence electrons. The molecule has 1 unspecified atom stereocenters. The zero-order valence-corrected chi connectivity index (χ0v) is 13.2. The van der Waals surface area contributed by atoms with E-state index < -0.39 is 0 Å². The predicted octanol–water partition coefficient (Wildman–Crippen LogP) is 3.07. The lowest BCUT2D eigenvalue weighted by Crippen LogP contribution is -2.41. The second-order valence-corrected chi connectivity index (χ2v) is 6.40. The molecule has 0 bridgehead atoms. The summed E-state index contributed by atoms with van der Waals surface area (Å²) in [6, 6.07) is 10.5. The van der Waals surface area contributed by atoms with Crippen molar-refractivity contribution in [2.45, 2.75) is 52.0 Å². The van der Waals surface area contributed by atoms with Gasteiger partial charge in [0, 0.05) is 18.5 Å². The van der Waals surface area contributed by atoms with Crippen LogP contribution in [0.1, 0.15) is 52.0 Å². The van der Waals surface area contributed by atoms with Crippen molar-refractivity contribution in [2.24, 2.45) is 0 Å². The number of carbonyl (C=O) groups excluding carboxylic acids is 1. The van der Waals surface area contributed by atoms with Gasteiger partial charge in [-0.3, -0.25) is 4.79 Å². The Morgan fingerprint density at radius 2 is 1.80 bits per heavy atom. The smallest absolute Gasteiger partial charge is 0.221 e. The van der Waals surface area contributed by atoms with E-state index in [4.69, 9.17) is 0 Å². The molecule has 1 atom stereocenters. The van der Waals surface area contributed by atoms with Gasteiger partial charge in [-0.05, 0) is 45.2 Å². The van der Waals surface area contributed by atoms with Crippen LogP contribution in [-0.2, 0) is 4.79 Å². The van der Waals surface area contributed by atoms with Crippen LogP contribution in [0.2, 0.25) is 0 Å². The normalized spacial score (nSPS) is 13.0. The first-order valence-electron chi connectivity index (χ1n) is 7.45. The summed E-state index contributed by atoms with van der Waals surface area (Å²) in [4.78, 5) is 11.6. The number of benzene rings is 1. The Bertz CT molecular complexity index is 395. The number of hydrogen-bond acceptors (Lipinski definition) is 2. The van der Waals surface area contributed by atoms with Crippen molar-refractivity contribution in [1.82, 2.24) is 10.6 Å². The first-order valence-corrected chi connectivity index (χ1v) is 7.45. The fourth-order valence-electron chi connectivity index (χ4n) is 2.07. The van der Waals surface area contributed by atoms with Gasteiger partial charge in [0.15, 0.2) is 0 Å². The largest absolute Gasteiger partial charge is 0.351 e. The first-order chi connectivity index (χ1) is 9.38. The average Bonchev–Trinajstić information content (AvgIpc) is 2.37. The zero-order chi connectivity index (χ0) is 15.0. The third-order valence-corrected chi connectivity index (χ3v) is 3.17. The molecule has 0 aliphatic heterocycles. The third kappa shape index (κ3) is 7.29. The van der Waals surface area contributed by atoms with Crippen LogP contribution in [0.5, 0.6) is 0 Å². The standard InChI is InChI=1S/C17H28N2O/c1-14(15-8-6-5-7-9-15)10-12-18-13-11-16(20)19-17(2,3)4/h5-9,14,18H,10-13H2,1-4H3,(H,19,20). The maximum absolute atomic E-state index is 11.6. The van der Waals surface area contributed by atoms with Crippen molar-refractivity contribution in [3.8, 4) is 0 Å². The molecular weight excluding hydrogens is 248 g/mol. The van der Waals surface area contributed by atoms with Crippen molar-refractivity contribution in [3.63, 3.8) is 0 Å². The van der Waals surface area contributed by atoms with Crippen LogP contribution in [-0.4, -0.2) is 24.5 Å². The van der Waals surface area contributed by atoms with Gasteiger partial charge >= 0.3 is 0 Å². The summed E-state index contributed by atoms with van der Waals surface area (Å²) in [6.45, 7) is 9.92. The van der Waals surface area contributed by atoms with Crippen molar-refractivity contribution in [1.29, 1.82) is 0 Å². The quantitative estimate of drug-likeness (QED) is 0.751. The van der Waals surface area contributed by atoms with Gasteiger partial charge in [-0.2, -0.15) is 0 Å². The van der Waals surface area contributed by atoms with Gasteiger partial charge in [0.1, 0.15) is 0 Å². The molecule has 3 nitrogen and oxygen atoms in total. The van der Waals surface area contributed by atoms with Gasteiger partial charge in [0.05, 0.1) is 0 Å². The lowest BCUT2D eigenvalue weighted by atomic mass is 9.98. The summed E-state index contributed by atoms with van der Waals surface area (Å²) in [5.74, 6) is 0.660. The van der Waals surface area contributed by atoms with E-state index >= 15 is 0 Å². The molecule has 2 N–H and O–H groups in total. The van der Waals surface area contributed by atoms with Crippen LogP contribution < -0.4 is 10.6 Å². The zero-order valence-electron chi connectivity index (χ0n) is 13.2. The van der Waals surface area contributed by atoms with Gasteiger partial charge in [-0.1, -0.05) is 37.3 Å². The highest BCUT2D eigenvalue weighted by atomic mass is 16.1. The van der Waals surface area contributed by atoms with E-state index in [1.54, 1.807) is 0 Å². The Hall–Kier alpha value is -1.35. The molecule has 0 saturated carbocycles. The third-order valence-electron chi connectivity index (χ3n) is 3.17. The highest BCUT2D eigenvalue weighted by molar-refractivity contribution is 5.76. The van der Waals surface area contributed by atoms with E-state index in [2.05, 4.69) is 41.8 Å². The van der Waals surface area contributed by atoms with Gasteiger partial charge in [-0.25, -0.2) is 0 Å². The monoisotopic (exact) mass is 276 g/mol. The number of amides is 1. The molecule has 1 aromatic rings. The van der Waals surface area contributed by atoms with Crippen LogP contribution in [0.15, 0.2) is 30.3 Å². The van der Waals surface area contributed by atoms with Crippen LogP contribution in [0.3, 0.4) is 0 Å². The second-order valence-electron chi connectivity index (χ2n) is 6.40. The highest BCUT2D eigenvalue weighted by Crippen LogP contribution is 2.17. The van der Waals surface area contributed by atoms with Gasteiger partial charge in [0.2, 0.25) is 5.91 Å². The highest BCUT2D eigenvalue weighted by Gasteiger charge is 2.12. The molecule has 1 rings (SSSR count).